The Balaban J connectivity index is 1.31. The molecule has 4 rings (SSSR count). The number of ether oxygens (including phenoxy) is 1. The van der Waals surface area contributed by atoms with Gasteiger partial charge in [-0.05, 0) is 90.9 Å². The zero-order chi connectivity index (χ0) is 36.6. The Morgan fingerprint density at radius 2 is 1.30 bits per heavy atom. The molecule has 0 radical (unpaired) electrons. The van der Waals surface area contributed by atoms with Crippen LogP contribution in [0, 0.1) is 13.8 Å². The van der Waals surface area contributed by atoms with Gasteiger partial charge in [-0.25, -0.2) is 21.6 Å². The van der Waals surface area contributed by atoms with Gasteiger partial charge in [0.05, 0.1) is 27.8 Å². The lowest BCUT2D eigenvalue weighted by atomic mass is 10.1. The van der Waals surface area contributed by atoms with Gasteiger partial charge in [0.25, 0.3) is 20.0 Å². The third-order valence-corrected chi connectivity index (χ3v) is 13.3. The standard InChI is InChI=1S/C33H38Cl2N4O7S4/c1-5-29(32(40)36-15-13-23-17-47-19-27(23)37-49(42,43)30-11-7-9-25(34)21(30)3)39(6-2)33(41)46-16-14-24-18-48-20-28(24)38-50(44,45)31-12-8-10-26(35)22(31)4/h7-12,17-20,29,37-38H,5-6,13-16H2,1-4H3,(H,36,40). The molecule has 17 heteroatoms. The van der Waals surface area contributed by atoms with Gasteiger partial charge in [-0.15, -0.1) is 22.7 Å². The van der Waals surface area contributed by atoms with Crippen molar-refractivity contribution in [3.8, 4) is 0 Å². The van der Waals surface area contributed by atoms with Crippen LogP contribution in [0.15, 0.2) is 67.7 Å². The zero-order valence-electron chi connectivity index (χ0n) is 27.8. The smallest absolute Gasteiger partial charge is 0.410 e. The number of hydrogen-bond acceptors (Lipinski definition) is 9. The van der Waals surface area contributed by atoms with Crippen molar-refractivity contribution in [2.45, 2.75) is 62.8 Å². The Morgan fingerprint density at radius 1 is 0.800 bits per heavy atom. The van der Waals surface area contributed by atoms with E-state index in [0.29, 0.717) is 56.5 Å². The van der Waals surface area contributed by atoms with Crippen molar-refractivity contribution in [2.24, 2.45) is 0 Å². The van der Waals surface area contributed by atoms with Gasteiger partial charge in [0.15, 0.2) is 0 Å². The minimum absolute atomic E-state index is 0.0411. The summed E-state index contributed by atoms with van der Waals surface area (Å²) in [5.74, 6) is -0.371. The number of carbonyl (C=O) groups is 2. The molecule has 3 N–H and O–H groups in total. The first kappa shape index (κ1) is 39.4. The summed E-state index contributed by atoms with van der Waals surface area (Å²) in [7, 11) is -7.81. The van der Waals surface area contributed by atoms with Gasteiger partial charge in [0.1, 0.15) is 6.04 Å². The molecule has 2 amide bonds. The maximum Gasteiger partial charge on any atom is 0.410 e. The van der Waals surface area contributed by atoms with Gasteiger partial charge < -0.3 is 10.1 Å². The molecule has 270 valence electrons. The molecule has 0 saturated carbocycles. The molecule has 2 heterocycles. The highest BCUT2D eigenvalue weighted by molar-refractivity contribution is 7.93. The Morgan fingerprint density at radius 3 is 1.78 bits per heavy atom. The summed E-state index contributed by atoms with van der Waals surface area (Å²) in [5.41, 5.74) is 3.03. The number of hydrogen-bond donors (Lipinski definition) is 3. The van der Waals surface area contributed by atoms with Crippen LogP contribution in [-0.4, -0.2) is 59.5 Å². The molecule has 1 unspecified atom stereocenters. The maximum absolute atomic E-state index is 13.2. The maximum atomic E-state index is 13.2. The van der Waals surface area contributed by atoms with Crippen LogP contribution >= 0.6 is 45.9 Å². The van der Waals surface area contributed by atoms with E-state index in [2.05, 4.69) is 14.8 Å². The second-order valence-corrected chi connectivity index (χ2v) is 16.8. The molecule has 0 aliphatic heterocycles. The van der Waals surface area contributed by atoms with Gasteiger partial charge >= 0.3 is 6.09 Å². The lowest BCUT2D eigenvalue weighted by molar-refractivity contribution is -0.126. The highest BCUT2D eigenvalue weighted by atomic mass is 35.5. The molecule has 0 saturated heterocycles. The predicted molar refractivity (Wildman–Crippen MR) is 201 cm³/mol. The summed E-state index contributed by atoms with van der Waals surface area (Å²) in [6.07, 6.45) is 0.243. The zero-order valence-corrected chi connectivity index (χ0v) is 32.6. The molecule has 4 aromatic rings. The van der Waals surface area contributed by atoms with E-state index < -0.39 is 32.2 Å². The number of nitrogens with one attached hydrogen (secondary N) is 3. The molecule has 0 aliphatic carbocycles. The number of nitrogens with zero attached hydrogens (tertiary/aromatic N) is 1. The summed E-state index contributed by atoms with van der Waals surface area (Å²) in [6, 6.07) is 8.54. The minimum Gasteiger partial charge on any atom is -0.449 e. The first-order valence-electron chi connectivity index (χ1n) is 15.6. The number of anilines is 2. The van der Waals surface area contributed by atoms with E-state index >= 15 is 0 Å². The molecular formula is C33H38Cl2N4O7S4. The lowest BCUT2D eigenvalue weighted by Gasteiger charge is -2.28. The summed E-state index contributed by atoms with van der Waals surface area (Å²) in [4.78, 5) is 27.8. The number of benzene rings is 2. The summed E-state index contributed by atoms with van der Waals surface area (Å²) in [6.45, 7) is 7.17. The SMILES string of the molecule is CCC(C(=O)NCCc1cscc1NS(=O)(=O)c1cccc(Cl)c1C)N(CC)C(=O)OCCc1cscc1NS(=O)(=O)c1cccc(Cl)c1C. The topological polar surface area (TPSA) is 151 Å². The molecule has 2 aromatic carbocycles. The summed E-state index contributed by atoms with van der Waals surface area (Å²) in [5, 5.41) is 10.5. The van der Waals surface area contributed by atoms with Crippen LogP contribution in [0.3, 0.4) is 0 Å². The summed E-state index contributed by atoms with van der Waals surface area (Å²) < 4.78 is 63.1. The normalized spacial score (nSPS) is 12.3. The monoisotopic (exact) mass is 800 g/mol. The molecule has 0 bridgehead atoms. The average Bonchev–Trinajstić information content (AvgIpc) is 3.69. The van der Waals surface area contributed by atoms with Crippen molar-refractivity contribution >= 4 is 89.3 Å². The second-order valence-electron chi connectivity index (χ2n) is 11.2. The van der Waals surface area contributed by atoms with Crippen molar-refractivity contribution in [3.05, 3.63) is 90.2 Å². The van der Waals surface area contributed by atoms with Gasteiger partial charge in [-0.2, -0.15) is 0 Å². The number of likely N-dealkylation sites (N-methyl/N-ethyl adjacent to an activating group) is 1. The van der Waals surface area contributed by atoms with Gasteiger partial charge in [-0.1, -0.05) is 42.3 Å². The van der Waals surface area contributed by atoms with E-state index in [1.807, 2.05) is 5.38 Å². The Kier molecular flexibility index (Phi) is 13.6. The van der Waals surface area contributed by atoms with Crippen LogP contribution in [0.2, 0.25) is 10.0 Å². The van der Waals surface area contributed by atoms with Crippen molar-refractivity contribution in [1.29, 1.82) is 0 Å². The number of rotatable bonds is 16. The van der Waals surface area contributed by atoms with E-state index in [-0.39, 0.29) is 41.8 Å². The van der Waals surface area contributed by atoms with E-state index in [4.69, 9.17) is 27.9 Å². The highest BCUT2D eigenvalue weighted by Crippen LogP contribution is 2.30. The van der Waals surface area contributed by atoms with Crippen LogP contribution < -0.4 is 14.8 Å². The van der Waals surface area contributed by atoms with E-state index in [9.17, 15) is 26.4 Å². The van der Waals surface area contributed by atoms with Crippen molar-refractivity contribution in [2.75, 3.05) is 29.1 Å². The molecule has 2 aromatic heterocycles. The molecule has 1 atom stereocenters. The van der Waals surface area contributed by atoms with E-state index in [0.717, 1.165) is 0 Å². The van der Waals surface area contributed by atoms with Crippen LogP contribution in [-0.2, 0) is 42.4 Å². The van der Waals surface area contributed by atoms with Crippen LogP contribution in [0.5, 0.6) is 0 Å². The lowest BCUT2D eigenvalue weighted by Crippen LogP contribution is -2.49. The quantitative estimate of drug-likeness (QED) is 0.106. The van der Waals surface area contributed by atoms with Crippen LogP contribution in [0.25, 0.3) is 0 Å². The van der Waals surface area contributed by atoms with E-state index in [1.165, 1.54) is 39.7 Å². The molecular weight excluding hydrogens is 764 g/mol. The Bertz CT molecular complexity index is 1900. The molecule has 0 fully saturated rings. The van der Waals surface area contributed by atoms with Gasteiger partial charge in [0, 0.05) is 40.3 Å². The average molecular weight is 802 g/mol. The summed E-state index contributed by atoms with van der Waals surface area (Å²) >= 11 is 14.9. The van der Waals surface area contributed by atoms with Crippen molar-refractivity contribution < 1.29 is 31.2 Å². The van der Waals surface area contributed by atoms with Crippen molar-refractivity contribution in [1.82, 2.24) is 10.2 Å². The molecule has 0 spiro atoms. The number of sulfonamides is 2. The Hall–Kier alpha value is -3.34. The van der Waals surface area contributed by atoms with E-state index in [1.54, 1.807) is 68.1 Å². The fraction of sp³-hybridized carbons (Fsp3) is 0.333. The predicted octanol–water partition coefficient (Wildman–Crippen LogP) is 7.47. The first-order valence-corrected chi connectivity index (χ1v) is 21.2. The van der Waals surface area contributed by atoms with Gasteiger partial charge in [-0.3, -0.25) is 19.1 Å². The Labute approximate surface area is 311 Å². The fourth-order valence-corrected chi connectivity index (χ4v) is 10.1. The second kappa shape index (κ2) is 17.2. The van der Waals surface area contributed by atoms with Gasteiger partial charge in [0.2, 0.25) is 5.91 Å². The molecule has 0 aliphatic rings. The largest absolute Gasteiger partial charge is 0.449 e. The third kappa shape index (κ3) is 9.50. The third-order valence-electron chi connectivity index (χ3n) is 7.92. The van der Waals surface area contributed by atoms with Crippen LogP contribution in [0.4, 0.5) is 16.2 Å². The van der Waals surface area contributed by atoms with Crippen molar-refractivity contribution in [3.63, 3.8) is 0 Å². The molecule has 11 nitrogen and oxygen atoms in total. The molecule has 50 heavy (non-hydrogen) atoms. The fourth-order valence-electron chi connectivity index (χ4n) is 5.16. The highest BCUT2D eigenvalue weighted by Gasteiger charge is 2.29. The first-order chi connectivity index (χ1) is 23.7. The number of thiophene rings is 2. The minimum atomic E-state index is -3.91. The number of halogens is 2. The number of carbonyl (C=O) groups excluding carboxylic acids is 2. The number of amides is 2. The van der Waals surface area contributed by atoms with Crippen LogP contribution in [0.1, 0.15) is 42.5 Å².